The zero-order valence-corrected chi connectivity index (χ0v) is 5.64. The van der Waals surface area contributed by atoms with Gasteiger partial charge in [0.25, 0.3) is 0 Å². The van der Waals surface area contributed by atoms with Gasteiger partial charge in [0.1, 0.15) is 0 Å². The lowest BCUT2D eigenvalue weighted by atomic mass is 10.3. The van der Waals surface area contributed by atoms with E-state index in [1.54, 1.807) is 0 Å². The first kappa shape index (κ1) is 7.59. The molecular weight excluding hydrogens is 150 g/mol. The Morgan fingerprint density at radius 1 is 1.91 bits per heavy atom. The number of carboxylic acid groups (broad SMARTS) is 1. The van der Waals surface area contributed by atoms with Crippen LogP contribution in [0.2, 0.25) is 0 Å². The number of hydrogen-bond donors (Lipinski definition) is 1. The van der Waals surface area contributed by atoms with E-state index in [1.807, 2.05) is 0 Å². The van der Waals surface area contributed by atoms with E-state index in [4.69, 9.17) is 9.84 Å². The zero-order valence-electron chi connectivity index (χ0n) is 5.64. The van der Waals surface area contributed by atoms with Gasteiger partial charge < -0.3 is 14.6 Å². The summed E-state index contributed by atoms with van der Waals surface area (Å²) in [5.74, 6) is 0. The lowest BCUT2D eigenvalue weighted by Gasteiger charge is -2.10. The second kappa shape index (κ2) is 3.05. The molecule has 5 heteroatoms. The third kappa shape index (κ3) is 1.70. The highest BCUT2D eigenvalue weighted by atomic mass is 16.7. The van der Waals surface area contributed by atoms with Crippen molar-refractivity contribution in [2.75, 3.05) is 0 Å². The highest BCUT2D eigenvalue weighted by Gasteiger charge is 2.26. The maximum Gasteiger partial charge on any atom is 0.507 e. The Morgan fingerprint density at radius 3 is 3.18 bits per heavy atom. The van der Waals surface area contributed by atoms with Crippen LogP contribution in [-0.4, -0.2) is 30.0 Å². The maximum atomic E-state index is 10.0. The van der Waals surface area contributed by atoms with E-state index in [2.05, 4.69) is 16.3 Å². The molecule has 0 spiro atoms. The van der Waals surface area contributed by atoms with Crippen molar-refractivity contribution >= 4 is 12.6 Å². The molecule has 0 aliphatic carbocycles. The van der Waals surface area contributed by atoms with Crippen molar-refractivity contribution in [3.8, 4) is 0 Å². The zero-order chi connectivity index (χ0) is 8.27. The number of nitrogens with zero attached hydrogens (tertiary/aromatic N) is 1. The normalized spacial score (nSPS) is 27.6. The van der Waals surface area contributed by atoms with E-state index in [-0.39, 0.29) is 0 Å². The third-order valence-electron chi connectivity index (χ3n) is 1.16. The number of carbonyl (C=O) groups is 1. The van der Waals surface area contributed by atoms with Crippen LogP contribution in [0.4, 0.5) is 4.79 Å². The van der Waals surface area contributed by atoms with Crippen LogP contribution in [0, 0.1) is 0 Å². The molecule has 2 atom stereocenters. The van der Waals surface area contributed by atoms with Gasteiger partial charge in [0, 0.05) is 0 Å². The Morgan fingerprint density at radius 2 is 2.64 bits per heavy atom. The summed E-state index contributed by atoms with van der Waals surface area (Å²) in [6.45, 7) is 3.42. The van der Waals surface area contributed by atoms with Crippen molar-refractivity contribution in [3.05, 3.63) is 12.7 Å². The summed E-state index contributed by atoms with van der Waals surface area (Å²) in [5, 5.41) is 8.20. The first-order valence-electron chi connectivity index (χ1n) is 2.93. The molecule has 0 saturated heterocycles. The van der Waals surface area contributed by atoms with Crippen molar-refractivity contribution < 1.29 is 19.4 Å². The largest absolute Gasteiger partial charge is 0.507 e. The van der Waals surface area contributed by atoms with Crippen molar-refractivity contribution in [2.24, 2.45) is 4.99 Å². The fraction of sp³-hybridized carbons (Fsp3) is 0.333. The number of aliphatic imine (C=N–C) groups is 1. The van der Waals surface area contributed by atoms with Gasteiger partial charge in [-0.2, -0.15) is 0 Å². The molecule has 0 saturated carbocycles. The Hall–Kier alpha value is -1.52. The van der Waals surface area contributed by atoms with Crippen molar-refractivity contribution in [3.63, 3.8) is 0 Å². The van der Waals surface area contributed by atoms with Gasteiger partial charge in [-0.15, -0.1) is 0 Å². The summed E-state index contributed by atoms with van der Waals surface area (Å²) in [6.07, 6.45) is -0.0822. The van der Waals surface area contributed by atoms with E-state index in [0.717, 1.165) is 6.40 Å². The van der Waals surface area contributed by atoms with Gasteiger partial charge in [-0.3, -0.25) is 0 Å². The molecule has 1 aliphatic heterocycles. The van der Waals surface area contributed by atoms with Gasteiger partial charge in [0.2, 0.25) is 6.23 Å². The second-order valence-corrected chi connectivity index (χ2v) is 1.87. The minimum Gasteiger partial charge on any atom is -0.470 e. The molecule has 0 aromatic heterocycles. The summed E-state index contributed by atoms with van der Waals surface area (Å²) in [7, 11) is 0. The molecule has 5 nitrogen and oxygen atoms in total. The molecule has 1 N–H and O–H groups in total. The van der Waals surface area contributed by atoms with Gasteiger partial charge in [-0.1, -0.05) is 6.58 Å². The van der Waals surface area contributed by atoms with Gasteiger partial charge in [0.05, 0.1) is 0 Å². The SMILES string of the molecule is C=CC1OC=NC1OC(=O)O. The standard InChI is InChI=1S/C6H7NO4/c1-2-4-5(7-3-10-4)11-6(8)9/h2-5H,1H2,(H,8,9). The molecule has 1 aliphatic rings. The van der Waals surface area contributed by atoms with Crippen LogP contribution >= 0.6 is 0 Å². The molecule has 0 bridgehead atoms. The lowest BCUT2D eigenvalue weighted by Crippen LogP contribution is -2.24. The van der Waals surface area contributed by atoms with Crippen LogP contribution < -0.4 is 0 Å². The Kier molecular flexibility index (Phi) is 2.10. The molecule has 0 aromatic carbocycles. The predicted octanol–water partition coefficient (Wildman–Crippen LogP) is 0.620. The highest BCUT2D eigenvalue weighted by molar-refractivity contribution is 5.58. The van der Waals surface area contributed by atoms with E-state index in [1.165, 1.54) is 6.08 Å². The van der Waals surface area contributed by atoms with Crippen LogP contribution in [-0.2, 0) is 9.47 Å². The van der Waals surface area contributed by atoms with Crippen molar-refractivity contribution in [1.82, 2.24) is 0 Å². The van der Waals surface area contributed by atoms with E-state index in [0.29, 0.717) is 0 Å². The molecule has 0 aromatic rings. The van der Waals surface area contributed by atoms with Crippen LogP contribution in [0.25, 0.3) is 0 Å². The van der Waals surface area contributed by atoms with E-state index in [9.17, 15) is 4.79 Å². The summed E-state index contributed by atoms with van der Waals surface area (Å²) >= 11 is 0. The van der Waals surface area contributed by atoms with E-state index < -0.39 is 18.5 Å². The molecule has 11 heavy (non-hydrogen) atoms. The maximum absolute atomic E-state index is 10.0. The minimum absolute atomic E-state index is 0.494. The number of ether oxygens (including phenoxy) is 2. The quantitative estimate of drug-likeness (QED) is 0.471. The smallest absolute Gasteiger partial charge is 0.470 e. The van der Waals surface area contributed by atoms with Crippen molar-refractivity contribution in [1.29, 1.82) is 0 Å². The van der Waals surface area contributed by atoms with Gasteiger partial charge in [-0.05, 0) is 6.08 Å². The summed E-state index contributed by atoms with van der Waals surface area (Å²) in [6, 6.07) is 0. The summed E-state index contributed by atoms with van der Waals surface area (Å²) < 4.78 is 9.15. The van der Waals surface area contributed by atoms with Crippen LogP contribution in [0.5, 0.6) is 0 Å². The topological polar surface area (TPSA) is 68.1 Å². The fourth-order valence-corrected chi connectivity index (χ4v) is 0.690. The molecule has 0 amide bonds. The lowest BCUT2D eigenvalue weighted by molar-refractivity contribution is 0.0256. The molecule has 0 radical (unpaired) electrons. The number of rotatable bonds is 2. The monoisotopic (exact) mass is 157 g/mol. The van der Waals surface area contributed by atoms with Gasteiger partial charge >= 0.3 is 6.16 Å². The molecule has 2 unspecified atom stereocenters. The minimum atomic E-state index is -1.37. The fourth-order valence-electron chi connectivity index (χ4n) is 0.690. The second-order valence-electron chi connectivity index (χ2n) is 1.87. The Balaban J connectivity index is 2.49. The number of hydrogen-bond acceptors (Lipinski definition) is 4. The van der Waals surface area contributed by atoms with E-state index >= 15 is 0 Å². The molecule has 1 heterocycles. The molecule has 60 valence electrons. The van der Waals surface area contributed by atoms with Gasteiger partial charge in [0.15, 0.2) is 12.5 Å². The average molecular weight is 157 g/mol. The molecular formula is C6H7NO4. The molecule has 1 rings (SSSR count). The summed E-state index contributed by atoms with van der Waals surface area (Å²) in [5.41, 5.74) is 0. The Bertz CT molecular complexity index is 201. The predicted molar refractivity (Wildman–Crippen MR) is 36.5 cm³/mol. The van der Waals surface area contributed by atoms with Gasteiger partial charge in [-0.25, -0.2) is 9.79 Å². The first-order valence-corrected chi connectivity index (χ1v) is 2.93. The first-order chi connectivity index (χ1) is 5.24. The highest BCUT2D eigenvalue weighted by Crippen LogP contribution is 2.11. The van der Waals surface area contributed by atoms with Crippen LogP contribution in [0.15, 0.2) is 17.6 Å². The summed E-state index contributed by atoms with van der Waals surface area (Å²) in [4.78, 5) is 13.6. The van der Waals surface area contributed by atoms with Crippen molar-refractivity contribution in [2.45, 2.75) is 12.3 Å². The van der Waals surface area contributed by atoms with Crippen LogP contribution in [0.1, 0.15) is 0 Å². The van der Waals surface area contributed by atoms with Crippen LogP contribution in [0.3, 0.4) is 0 Å². The average Bonchev–Trinajstić information content (AvgIpc) is 2.34. The Labute approximate surface area is 62.9 Å². The molecule has 0 fully saturated rings. The third-order valence-corrected chi connectivity index (χ3v) is 1.16.